The normalized spacial score (nSPS) is 19.4. The van der Waals surface area contributed by atoms with Gasteiger partial charge in [0.1, 0.15) is 11.9 Å². The van der Waals surface area contributed by atoms with E-state index in [4.69, 9.17) is 10.1 Å². The minimum Gasteiger partial charge on any atom is -0.371 e. The summed E-state index contributed by atoms with van der Waals surface area (Å²) >= 11 is 0. The first-order valence-electron chi connectivity index (χ1n) is 5.74. The van der Waals surface area contributed by atoms with E-state index < -0.39 is 0 Å². The van der Waals surface area contributed by atoms with Gasteiger partial charge in [0.2, 0.25) is 0 Å². The molecule has 1 heterocycles. The molecule has 0 bridgehead atoms. The van der Waals surface area contributed by atoms with Crippen molar-refractivity contribution in [3.8, 4) is 0 Å². The summed E-state index contributed by atoms with van der Waals surface area (Å²) in [4.78, 5) is 2.17. The van der Waals surface area contributed by atoms with Gasteiger partial charge in [-0.05, 0) is 32.6 Å². The molecular formula is C11H22N2O. The van der Waals surface area contributed by atoms with Crippen molar-refractivity contribution in [2.24, 2.45) is 0 Å². The molecule has 1 fully saturated rings. The topological polar surface area (TPSA) is 36.3 Å². The van der Waals surface area contributed by atoms with E-state index in [1.165, 1.54) is 19.3 Å². The summed E-state index contributed by atoms with van der Waals surface area (Å²) in [5.74, 6) is 0.689. The quantitative estimate of drug-likeness (QED) is 0.555. The Labute approximate surface area is 86.9 Å². The van der Waals surface area contributed by atoms with Gasteiger partial charge < -0.3 is 9.64 Å². The van der Waals surface area contributed by atoms with Crippen molar-refractivity contribution in [1.29, 1.82) is 5.41 Å². The highest BCUT2D eigenvalue weighted by Crippen LogP contribution is 2.12. The van der Waals surface area contributed by atoms with Crippen LogP contribution in [0.2, 0.25) is 0 Å². The van der Waals surface area contributed by atoms with Crippen LogP contribution in [0.1, 0.15) is 39.5 Å². The number of amidine groups is 1. The first kappa shape index (κ1) is 11.5. The van der Waals surface area contributed by atoms with E-state index in [1.54, 1.807) is 0 Å². The smallest absolute Gasteiger partial charge is 0.126 e. The number of nitrogens with zero attached hydrogens (tertiary/aromatic N) is 1. The van der Waals surface area contributed by atoms with E-state index in [2.05, 4.69) is 11.8 Å². The predicted molar refractivity (Wildman–Crippen MR) is 58.9 cm³/mol. The van der Waals surface area contributed by atoms with Gasteiger partial charge >= 0.3 is 0 Å². The monoisotopic (exact) mass is 198 g/mol. The van der Waals surface area contributed by atoms with Crippen LogP contribution in [-0.2, 0) is 4.74 Å². The molecule has 0 aliphatic carbocycles. The molecule has 1 atom stereocenters. The minimum absolute atomic E-state index is 0.0121. The van der Waals surface area contributed by atoms with Crippen molar-refractivity contribution in [1.82, 2.24) is 4.90 Å². The Morgan fingerprint density at radius 2 is 1.93 bits per heavy atom. The summed E-state index contributed by atoms with van der Waals surface area (Å²) in [6, 6.07) is 0. The lowest BCUT2D eigenvalue weighted by Crippen LogP contribution is -2.42. The number of ether oxygens (including phenoxy) is 1. The molecule has 0 aromatic carbocycles. The van der Waals surface area contributed by atoms with Crippen molar-refractivity contribution in [2.45, 2.75) is 45.6 Å². The summed E-state index contributed by atoms with van der Waals surface area (Å²) in [6.07, 6.45) is 4.69. The molecule has 1 N–H and O–H groups in total. The highest BCUT2D eigenvalue weighted by Gasteiger charge is 2.20. The van der Waals surface area contributed by atoms with Gasteiger partial charge in [-0.2, -0.15) is 0 Å². The SMILES string of the molecule is CCOC(CC)C(=N)N1CCCCC1. The molecule has 0 aromatic heterocycles. The minimum atomic E-state index is 0.0121. The number of rotatable bonds is 4. The molecule has 3 nitrogen and oxygen atoms in total. The van der Waals surface area contributed by atoms with Crippen LogP contribution in [0.3, 0.4) is 0 Å². The number of hydrogen-bond acceptors (Lipinski definition) is 2. The van der Waals surface area contributed by atoms with Crippen molar-refractivity contribution < 1.29 is 4.74 Å². The molecule has 0 radical (unpaired) electrons. The Morgan fingerprint density at radius 1 is 1.29 bits per heavy atom. The van der Waals surface area contributed by atoms with Gasteiger partial charge in [0, 0.05) is 19.7 Å². The lowest BCUT2D eigenvalue weighted by molar-refractivity contribution is 0.0944. The van der Waals surface area contributed by atoms with E-state index >= 15 is 0 Å². The van der Waals surface area contributed by atoms with Crippen LogP contribution >= 0.6 is 0 Å². The Balaban J connectivity index is 2.43. The zero-order valence-electron chi connectivity index (χ0n) is 9.38. The molecule has 1 rings (SSSR count). The fraction of sp³-hybridized carbons (Fsp3) is 0.909. The maximum absolute atomic E-state index is 8.04. The van der Waals surface area contributed by atoms with Gasteiger partial charge in [0.25, 0.3) is 0 Å². The molecule has 1 aliphatic heterocycles. The molecule has 0 amide bonds. The Kier molecular flexibility index (Phi) is 4.94. The van der Waals surface area contributed by atoms with Crippen LogP contribution in [0.25, 0.3) is 0 Å². The maximum Gasteiger partial charge on any atom is 0.126 e. The third-order valence-electron chi connectivity index (χ3n) is 2.74. The lowest BCUT2D eigenvalue weighted by Gasteiger charge is -2.32. The third-order valence-corrected chi connectivity index (χ3v) is 2.74. The zero-order valence-corrected chi connectivity index (χ0v) is 9.38. The van der Waals surface area contributed by atoms with E-state index in [0.717, 1.165) is 19.5 Å². The molecule has 1 saturated heterocycles. The highest BCUT2D eigenvalue weighted by atomic mass is 16.5. The van der Waals surface area contributed by atoms with Gasteiger partial charge in [0.15, 0.2) is 0 Å². The summed E-state index contributed by atoms with van der Waals surface area (Å²) in [7, 11) is 0. The number of likely N-dealkylation sites (tertiary alicyclic amines) is 1. The Hall–Kier alpha value is -0.570. The molecule has 3 heteroatoms. The van der Waals surface area contributed by atoms with Gasteiger partial charge in [0.05, 0.1) is 0 Å². The second-order valence-corrected chi connectivity index (χ2v) is 3.79. The molecular weight excluding hydrogens is 176 g/mol. The third kappa shape index (κ3) is 2.98. The van der Waals surface area contributed by atoms with Crippen LogP contribution in [0.5, 0.6) is 0 Å². The largest absolute Gasteiger partial charge is 0.371 e. The fourth-order valence-corrected chi connectivity index (χ4v) is 1.93. The van der Waals surface area contributed by atoms with Crippen molar-refractivity contribution >= 4 is 5.84 Å². The van der Waals surface area contributed by atoms with Crippen molar-refractivity contribution in [2.75, 3.05) is 19.7 Å². The number of nitrogens with one attached hydrogen (secondary N) is 1. The maximum atomic E-state index is 8.04. The zero-order chi connectivity index (χ0) is 10.4. The van der Waals surface area contributed by atoms with Crippen LogP contribution < -0.4 is 0 Å². The molecule has 0 spiro atoms. The number of hydrogen-bond donors (Lipinski definition) is 1. The molecule has 0 saturated carbocycles. The van der Waals surface area contributed by atoms with Crippen LogP contribution in [0.4, 0.5) is 0 Å². The van der Waals surface area contributed by atoms with E-state index in [-0.39, 0.29) is 6.10 Å². The summed E-state index contributed by atoms with van der Waals surface area (Å²) in [6.45, 7) is 6.87. The second kappa shape index (κ2) is 6.02. The number of piperidine rings is 1. The fourth-order valence-electron chi connectivity index (χ4n) is 1.93. The van der Waals surface area contributed by atoms with Crippen LogP contribution in [0.15, 0.2) is 0 Å². The van der Waals surface area contributed by atoms with Gasteiger partial charge in [-0.3, -0.25) is 5.41 Å². The van der Waals surface area contributed by atoms with Crippen molar-refractivity contribution in [3.05, 3.63) is 0 Å². The van der Waals surface area contributed by atoms with Gasteiger partial charge in [-0.1, -0.05) is 6.92 Å². The van der Waals surface area contributed by atoms with Crippen LogP contribution in [0, 0.1) is 5.41 Å². The summed E-state index contributed by atoms with van der Waals surface area (Å²) in [5, 5.41) is 8.04. The second-order valence-electron chi connectivity index (χ2n) is 3.79. The lowest BCUT2D eigenvalue weighted by atomic mass is 10.1. The van der Waals surface area contributed by atoms with E-state index in [9.17, 15) is 0 Å². The predicted octanol–water partition coefficient (Wildman–Crippen LogP) is 2.26. The average Bonchev–Trinajstić information content (AvgIpc) is 2.26. The Bertz CT molecular complexity index is 169. The van der Waals surface area contributed by atoms with E-state index in [1.807, 2.05) is 6.92 Å². The van der Waals surface area contributed by atoms with Gasteiger partial charge in [-0.25, -0.2) is 0 Å². The molecule has 1 aliphatic rings. The van der Waals surface area contributed by atoms with Crippen molar-refractivity contribution in [3.63, 3.8) is 0 Å². The van der Waals surface area contributed by atoms with Gasteiger partial charge in [-0.15, -0.1) is 0 Å². The average molecular weight is 198 g/mol. The summed E-state index contributed by atoms with van der Waals surface area (Å²) in [5.41, 5.74) is 0. The Morgan fingerprint density at radius 3 is 2.43 bits per heavy atom. The standard InChI is InChI=1S/C11H22N2O/c1-3-10(14-4-2)11(12)13-8-6-5-7-9-13/h10,12H,3-9H2,1-2H3. The molecule has 82 valence electrons. The first-order valence-corrected chi connectivity index (χ1v) is 5.74. The molecule has 1 unspecified atom stereocenters. The molecule has 0 aromatic rings. The van der Waals surface area contributed by atoms with E-state index in [0.29, 0.717) is 12.4 Å². The highest BCUT2D eigenvalue weighted by molar-refractivity contribution is 5.83. The first-order chi connectivity index (χ1) is 6.79. The summed E-state index contributed by atoms with van der Waals surface area (Å²) < 4.78 is 5.54. The molecule has 14 heavy (non-hydrogen) atoms. The van der Waals surface area contributed by atoms with Crippen LogP contribution in [-0.4, -0.2) is 36.5 Å².